The van der Waals surface area contributed by atoms with Crippen LogP contribution in [0.15, 0.2) is 0 Å². The molecule has 1 aliphatic carbocycles. The van der Waals surface area contributed by atoms with Crippen LogP contribution in [0.25, 0.3) is 0 Å². The predicted molar refractivity (Wildman–Crippen MR) is 107 cm³/mol. The molecule has 0 aromatic carbocycles. The Balaban J connectivity index is 2.83. The monoisotopic (exact) mass is 418 g/mol. The van der Waals surface area contributed by atoms with Gasteiger partial charge < -0.3 is 18.1 Å². The first-order chi connectivity index (χ1) is 11.4. The van der Waals surface area contributed by atoms with E-state index in [1.54, 1.807) is 0 Å². The third-order valence-corrected chi connectivity index (χ3v) is 9.20. The van der Waals surface area contributed by atoms with Crippen molar-refractivity contribution in [2.24, 2.45) is 0 Å². The summed E-state index contributed by atoms with van der Waals surface area (Å²) in [6, 6.07) is 0.289. The average molecular weight is 419 g/mol. The minimum atomic E-state index is -2.48. The minimum Gasteiger partial charge on any atom is -0.318 e. The highest BCUT2D eigenvalue weighted by Gasteiger charge is 2.34. The highest BCUT2D eigenvalue weighted by molar-refractivity contribution is 8.09. The van der Waals surface area contributed by atoms with E-state index in [-0.39, 0.29) is 12.1 Å². The van der Waals surface area contributed by atoms with Gasteiger partial charge in [0.25, 0.3) is 13.3 Å². The van der Waals surface area contributed by atoms with Crippen LogP contribution in [-0.2, 0) is 41.7 Å². The van der Waals surface area contributed by atoms with Crippen LogP contribution in [0, 0.1) is 0 Å². The van der Waals surface area contributed by atoms with Crippen molar-refractivity contribution in [3.05, 3.63) is 0 Å². The van der Waals surface area contributed by atoms with E-state index in [2.05, 4.69) is 10.2 Å². The summed E-state index contributed by atoms with van der Waals surface area (Å²) in [6.45, 7) is 4.90. The number of hydrogen-bond donors (Lipinski definition) is 2. The summed E-state index contributed by atoms with van der Waals surface area (Å²) < 4.78 is 22.9. The molecule has 0 aliphatic heterocycles. The molecule has 10 heteroatoms. The maximum absolute atomic E-state index is 5.73. The van der Waals surface area contributed by atoms with Crippen molar-refractivity contribution in [1.29, 1.82) is 0 Å². The van der Waals surface area contributed by atoms with E-state index in [0.29, 0.717) is 26.4 Å². The third-order valence-electron chi connectivity index (χ3n) is 3.61. The van der Waals surface area contributed by atoms with Gasteiger partial charge in [-0.05, 0) is 64.2 Å². The van der Waals surface area contributed by atoms with Gasteiger partial charge in [-0.3, -0.25) is 0 Å². The Labute approximate surface area is 157 Å². The fourth-order valence-corrected chi connectivity index (χ4v) is 8.06. The van der Waals surface area contributed by atoms with Crippen LogP contribution in [0.1, 0.15) is 53.4 Å². The fourth-order valence-electron chi connectivity index (χ4n) is 2.75. The summed E-state index contributed by atoms with van der Waals surface area (Å²) in [5.74, 6) is 0. The normalized spacial score (nSPS) is 22.7. The molecular weight excluding hydrogens is 386 g/mol. The molecule has 2 atom stereocenters. The second-order valence-corrected chi connectivity index (χ2v) is 11.8. The Kier molecular flexibility index (Phi) is 11.3. The molecule has 0 aromatic rings. The smallest absolute Gasteiger partial charge is 0.261 e. The van der Waals surface area contributed by atoms with Crippen LogP contribution in [0.5, 0.6) is 0 Å². The first-order valence-corrected chi connectivity index (χ1v) is 14.0. The van der Waals surface area contributed by atoms with E-state index >= 15 is 0 Å². The molecule has 24 heavy (non-hydrogen) atoms. The molecule has 0 aromatic heterocycles. The number of rotatable bonds is 12. The van der Waals surface area contributed by atoms with Gasteiger partial charge in [0.1, 0.15) is 0 Å². The molecule has 0 spiro atoms. The molecule has 2 N–H and O–H groups in total. The predicted octanol–water partition coefficient (Wildman–Crippen LogP) is 4.07. The Bertz CT molecular complexity index is 396. The molecule has 0 radical (unpaired) electrons. The van der Waals surface area contributed by atoms with E-state index in [9.17, 15) is 0 Å². The summed E-state index contributed by atoms with van der Waals surface area (Å²) in [6.07, 6.45) is 4.30. The quantitative estimate of drug-likeness (QED) is 0.460. The van der Waals surface area contributed by atoms with Crippen molar-refractivity contribution in [2.45, 2.75) is 65.5 Å². The first kappa shape index (κ1) is 23.1. The van der Waals surface area contributed by atoms with E-state index in [0.717, 1.165) is 25.7 Å². The molecule has 1 rings (SSSR count). The lowest BCUT2D eigenvalue weighted by Crippen LogP contribution is -2.48. The van der Waals surface area contributed by atoms with E-state index in [4.69, 9.17) is 41.7 Å². The van der Waals surface area contributed by atoms with Crippen molar-refractivity contribution >= 4 is 36.9 Å². The van der Waals surface area contributed by atoms with Gasteiger partial charge >= 0.3 is 0 Å². The second-order valence-electron chi connectivity index (χ2n) is 5.42. The van der Waals surface area contributed by atoms with E-state index in [1.165, 1.54) is 0 Å². The summed E-state index contributed by atoms with van der Waals surface area (Å²) in [5, 5.41) is 6.94. The highest BCUT2D eigenvalue weighted by Crippen LogP contribution is 2.48. The van der Waals surface area contributed by atoms with Crippen LogP contribution in [0.4, 0.5) is 0 Å². The van der Waals surface area contributed by atoms with Crippen molar-refractivity contribution in [2.75, 3.05) is 26.4 Å². The van der Waals surface area contributed by atoms with Gasteiger partial charge in [0, 0.05) is 12.1 Å². The lowest BCUT2D eigenvalue weighted by molar-refractivity contribution is 0.228. The van der Waals surface area contributed by atoms with Crippen LogP contribution in [0.3, 0.4) is 0 Å². The van der Waals surface area contributed by atoms with Crippen molar-refractivity contribution in [1.82, 2.24) is 10.2 Å². The summed E-state index contributed by atoms with van der Waals surface area (Å²) in [7, 11) is 0. The van der Waals surface area contributed by atoms with Crippen LogP contribution in [0.2, 0.25) is 0 Å². The van der Waals surface area contributed by atoms with Gasteiger partial charge in [-0.2, -0.15) is 0 Å². The summed E-state index contributed by atoms with van der Waals surface area (Å²) in [5.41, 5.74) is 0. The Morgan fingerprint density at radius 3 is 1.25 bits per heavy atom. The lowest BCUT2D eigenvalue weighted by Gasteiger charge is -2.38. The number of nitrogens with one attached hydrogen (secondary N) is 2. The van der Waals surface area contributed by atoms with Crippen molar-refractivity contribution in [3.63, 3.8) is 0 Å². The molecule has 0 unspecified atom stereocenters. The fraction of sp³-hybridized carbons (Fsp3) is 1.00. The molecule has 144 valence electrons. The van der Waals surface area contributed by atoms with Crippen molar-refractivity contribution < 1.29 is 18.1 Å². The maximum atomic E-state index is 5.73. The van der Waals surface area contributed by atoms with Gasteiger partial charge in [0.05, 0.1) is 26.4 Å². The van der Waals surface area contributed by atoms with E-state index in [1.807, 2.05) is 27.7 Å². The Morgan fingerprint density at radius 2 is 1.00 bits per heavy atom. The lowest BCUT2D eigenvalue weighted by atomic mass is 9.92. The van der Waals surface area contributed by atoms with Crippen molar-refractivity contribution in [3.8, 4) is 0 Å². The van der Waals surface area contributed by atoms with Gasteiger partial charge in [0.15, 0.2) is 0 Å². The molecule has 0 amide bonds. The molecule has 0 heterocycles. The zero-order valence-corrected chi connectivity index (χ0v) is 18.6. The largest absolute Gasteiger partial charge is 0.318 e. The molecule has 1 saturated carbocycles. The molecule has 6 nitrogen and oxygen atoms in total. The Morgan fingerprint density at radius 1 is 0.708 bits per heavy atom. The first-order valence-electron chi connectivity index (χ1n) is 8.75. The average Bonchev–Trinajstić information content (AvgIpc) is 2.50. The molecule has 1 aliphatic rings. The number of hydrogen-bond acceptors (Lipinski definition) is 6. The summed E-state index contributed by atoms with van der Waals surface area (Å²) >= 11 is 11.3. The second kappa shape index (κ2) is 11.7. The van der Waals surface area contributed by atoms with Crippen LogP contribution < -0.4 is 10.2 Å². The van der Waals surface area contributed by atoms with Gasteiger partial charge in [-0.15, -0.1) is 0 Å². The zero-order chi connectivity index (χ0) is 18.1. The van der Waals surface area contributed by atoms with E-state index < -0.39 is 13.3 Å². The standard InChI is InChI=1S/C14H32N2O4P2S2/c1-5-17-21(23,18-6-2)15-13-11-9-10-12-14(13)16-22(24,19-7-3)20-8-4/h13-14H,5-12H2,1-4H3,(H,15,23)(H,16,24)/t13-,14-/m1/s1. The zero-order valence-electron chi connectivity index (χ0n) is 15.2. The SMILES string of the molecule is CCOP(=S)(N[C@@H]1CCCC[C@H]1NP(=S)(OCC)OCC)OCC. The van der Waals surface area contributed by atoms with Crippen LogP contribution in [-0.4, -0.2) is 38.5 Å². The summed E-state index contributed by atoms with van der Waals surface area (Å²) in [4.78, 5) is 0. The van der Waals surface area contributed by atoms with Gasteiger partial charge in [-0.25, -0.2) is 10.2 Å². The highest BCUT2D eigenvalue weighted by atomic mass is 32.5. The topological polar surface area (TPSA) is 61.0 Å². The molecule has 0 saturated heterocycles. The van der Waals surface area contributed by atoms with Gasteiger partial charge in [-0.1, -0.05) is 12.8 Å². The maximum Gasteiger partial charge on any atom is 0.261 e. The van der Waals surface area contributed by atoms with Crippen LogP contribution >= 0.6 is 13.3 Å². The van der Waals surface area contributed by atoms with Gasteiger partial charge in [0.2, 0.25) is 0 Å². The molecule has 1 fully saturated rings. The molecular formula is C14H32N2O4P2S2. The third kappa shape index (κ3) is 7.75. The Hall–Kier alpha value is 1.06. The minimum absolute atomic E-state index is 0.144. The molecule has 0 bridgehead atoms.